The molecule has 112 valence electrons. The fourth-order valence-electron chi connectivity index (χ4n) is 2.57. The molecule has 0 aromatic heterocycles. The van der Waals surface area contributed by atoms with Gasteiger partial charge in [-0.05, 0) is 30.5 Å². The zero-order valence-electron chi connectivity index (χ0n) is 12.1. The molecule has 1 fully saturated rings. The van der Waals surface area contributed by atoms with Crippen LogP contribution in [0.4, 0.5) is 18.9 Å². The number of alkyl halides is 3. The number of halogens is 3. The van der Waals surface area contributed by atoms with E-state index < -0.39 is 11.7 Å². The number of benzene rings is 1. The Morgan fingerprint density at radius 3 is 2.60 bits per heavy atom. The van der Waals surface area contributed by atoms with Gasteiger partial charge < -0.3 is 10.2 Å². The molecule has 1 heterocycles. The van der Waals surface area contributed by atoms with Crippen molar-refractivity contribution in [3.8, 4) is 0 Å². The first-order valence-electron chi connectivity index (χ1n) is 6.95. The molecule has 1 unspecified atom stereocenters. The van der Waals surface area contributed by atoms with Crippen LogP contribution in [0.5, 0.6) is 0 Å². The molecule has 0 spiro atoms. The molecule has 0 aliphatic carbocycles. The van der Waals surface area contributed by atoms with E-state index in [1.165, 1.54) is 13.0 Å². The van der Waals surface area contributed by atoms with E-state index in [0.717, 1.165) is 19.6 Å². The summed E-state index contributed by atoms with van der Waals surface area (Å²) in [6.45, 7) is 8.04. The van der Waals surface area contributed by atoms with Gasteiger partial charge in [-0.1, -0.05) is 19.9 Å². The lowest BCUT2D eigenvalue weighted by molar-refractivity contribution is -0.138. The molecule has 2 rings (SSSR count). The molecule has 1 aromatic carbocycles. The number of anilines is 1. The summed E-state index contributed by atoms with van der Waals surface area (Å²) in [7, 11) is 0. The quantitative estimate of drug-likeness (QED) is 0.896. The molecule has 1 aromatic rings. The second kappa shape index (κ2) is 5.64. The van der Waals surface area contributed by atoms with Gasteiger partial charge >= 0.3 is 6.18 Å². The molecule has 1 aliphatic heterocycles. The van der Waals surface area contributed by atoms with Crippen molar-refractivity contribution in [3.05, 3.63) is 29.3 Å². The van der Waals surface area contributed by atoms with Crippen molar-refractivity contribution in [2.24, 2.45) is 5.92 Å². The first-order chi connectivity index (χ1) is 9.29. The maximum absolute atomic E-state index is 13.0. The van der Waals surface area contributed by atoms with Crippen molar-refractivity contribution >= 4 is 5.69 Å². The number of aryl methyl sites for hydroxylation is 1. The van der Waals surface area contributed by atoms with Crippen molar-refractivity contribution in [1.29, 1.82) is 0 Å². The molecule has 5 heteroatoms. The minimum absolute atomic E-state index is 0.275. The highest BCUT2D eigenvalue weighted by atomic mass is 19.4. The summed E-state index contributed by atoms with van der Waals surface area (Å²) in [4.78, 5) is 2.04. The van der Waals surface area contributed by atoms with Gasteiger partial charge in [0.1, 0.15) is 0 Å². The van der Waals surface area contributed by atoms with Crippen LogP contribution in [0.2, 0.25) is 0 Å². The third-order valence-electron chi connectivity index (χ3n) is 3.90. The number of rotatable bonds is 2. The van der Waals surface area contributed by atoms with E-state index in [2.05, 4.69) is 19.2 Å². The number of hydrogen-bond acceptors (Lipinski definition) is 2. The van der Waals surface area contributed by atoms with E-state index in [1.54, 1.807) is 12.1 Å². The van der Waals surface area contributed by atoms with Crippen LogP contribution in [-0.2, 0) is 6.18 Å². The standard InChI is InChI=1S/C15H21F3N2/c1-10(2)14-9-20(7-6-19-14)12-5-4-11(3)13(8-12)15(16,17)18/h4-5,8,10,14,19H,6-7,9H2,1-3H3. The summed E-state index contributed by atoms with van der Waals surface area (Å²) in [5.41, 5.74) is 0.404. The fraction of sp³-hybridized carbons (Fsp3) is 0.600. The third-order valence-corrected chi connectivity index (χ3v) is 3.90. The van der Waals surface area contributed by atoms with E-state index in [1.807, 2.05) is 4.90 Å². The van der Waals surface area contributed by atoms with Gasteiger partial charge in [-0.2, -0.15) is 13.2 Å². The van der Waals surface area contributed by atoms with Crippen LogP contribution in [0.1, 0.15) is 25.0 Å². The average molecular weight is 286 g/mol. The first kappa shape index (κ1) is 15.2. The Kier molecular flexibility index (Phi) is 4.28. The van der Waals surface area contributed by atoms with Gasteiger partial charge in [0.25, 0.3) is 0 Å². The molecule has 0 bridgehead atoms. The summed E-state index contributed by atoms with van der Waals surface area (Å²) in [5.74, 6) is 0.463. The maximum Gasteiger partial charge on any atom is 0.416 e. The van der Waals surface area contributed by atoms with Gasteiger partial charge in [-0.3, -0.25) is 0 Å². The van der Waals surface area contributed by atoms with Crippen LogP contribution in [-0.4, -0.2) is 25.7 Å². The van der Waals surface area contributed by atoms with Gasteiger partial charge in [0, 0.05) is 31.4 Å². The molecule has 1 aliphatic rings. The highest BCUT2D eigenvalue weighted by molar-refractivity contribution is 5.52. The lowest BCUT2D eigenvalue weighted by Crippen LogP contribution is -2.53. The largest absolute Gasteiger partial charge is 0.416 e. The third kappa shape index (κ3) is 3.26. The SMILES string of the molecule is Cc1ccc(N2CCNC(C(C)C)C2)cc1C(F)(F)F. The molecule has 1 saturated heterocycles. The van der Waals surface area contributed by atoms with Crippen molar-refractivity contribution in [2.75, 3.05) is 24.5 Å². The minimum atomic E-state index is -4.29. The molecule has 1 N–H and O–H groups in total. The molecule has 0 amide bonds. The Balaban J connectivity index is 2.25. The van der Waals surface area contributed by atoms with E-state index in [-0.39, 0.29) is 5.56 Å². The molecule has 1 atom stereocenters. The smallest absolute Gasteiger partial charge is 0.369 e. The van der Waals surface area contributed by atoms with Crippen LogP contribution in [0.15, 0.2) is 18.2 Å². The normalized spacial score (nSPS) is 20.6. The van der Waals surface area contributed by atoms with E-state index >= 15 is 0 Å². The zero-order valence-corrected chi connectivity index (χ0v) is 12.1. The summed E-state index contributed by atoms with van der Waals surface area (Å²) in [5, 5.41) is 3.41. The van der Waals surface area contributed by atoms with E-state index in [0.29, 0.717) is 17.6 Å². The van der Waals surface area contributed by atoms with Gasteiger partial charge in [0.2, 0.25) is 0 Å². The Labute approximate surface area is 118 Å². The summed E-state index contributed by atoms with van der Waals surface area (Å²) in [6, 6.07) is 4.94. The average Bonchev–Trinajstić information content (AvgIpc) is 2.38. The minimum Gasteiger partial charge on any atom is -0.369 e. The topological polar surface area (TPSA) is 15.3 Å². The van der Waals surface area contributed by atoms with Crippen LogP contribution >= 0.6 is 0 Å². The summed E-state index contributed by atoms with van der Waals surface area (Å²) >= 11 is 0. The van der Waals surface area contributed by atoms with E-state index in [4.69, 9.17) is 0 Å². The Morgan fingerprint density at radius 2 is 2.00 bits per heavy atom. The Bertz CT molecular complexity index is 469. The Morgan fingerprint density at radius 1 is 1.30 bits per heavy atom. The summed E-state index contributed by atoms with van der Waals surface area (Å²) < 4.78 is 38.9. The molecule has 2 nitrogen and oxygen atoms in total. The summed E-state index contributed by atoms with van der Waals surface area (Å²) in [6.07, 6.45) is -4.29. The highest BCUT2D eigenvalue weighted by Gasteiger charge is 2.33. The van der Waals surface area contributed by atoms with Gasteiger partial charge in [-0.15, -0.1) is 0 Å². The molecule has 20 heavy (non-hydrogen) atoms. The predicted octanol–water partition coefficient (Wildman–Crippen LogP) is 3.45. The van der Waals surface area contributed by atoms with Crippen molar-refractivity contribution in [2.45, 2.75) is 33.0 Å². The van der Waals surface area contributed by atoms with Crippen molar-refractivity contribution in [3.63, 3.8) is 0 Å². The number of nitrogens with one attached hydrogen (secondary N) is 1. The van der Waals surface area contributed by atoms with Crippen LogP contribution in [0.3, 0.4) is 0 Å². The van der Waals surface area contributed by atoms with Gasteiger partial charge in [-0.25, -0.2) is 0 Å². The van der Waals surface area contributed by atoms with Crippen molar-refractivity contribution < 1.29 is 13.2 Å². The monoisotopic (exact) mass is 286 g/mol. The molecular formula is C15H21F3N2. The van der Waals surface area contributed by atoms with Crippen LogP contribution < -0.4 is 10.2 Å². The fourth-order valence-corrected chi connectivity index (χ4v) is 2.57. The lowest BCUT2D eigenvalue weighted by Gasteiger charge is -2.37. The Hall–Kier alpha value is -1.23. The maximum atomic E-state index is 13.0. The second-order valence-electron chi connectivity index (χ2n) is 5.75. The van der Waals surface area contributed by atoms with Crippen LogP contribution in [0.25, 0.3) is 0 Å². The van der Waals surface area contributed by atoms with Gasteiger partial charge in [0.05, 0.1) is 5.56 Å². The van der Waals surface area contributed by atoms with E-state index in [9.17, 15) is 13.2 Å². The molecule has 0 saturated carbocycles. The van der Waals surface area contributed by atoms with Crippen molar-refractivity contribution in [1.82, 2.24) is 5.32 Å². The number of piperazine rings is 1. The second-order valence-corrected chi connectivity index (χ2v) is 5.75. The lowest BCUT2D eigenvalue weighted by atomic mass is 10.0. The van der Waals surface area contributed by atoms with Crippen LogP contribution in [0, 0.1) is 12.8 Å². The highest BCUT2D eigenvalue weighted by Crippen LogP contribution is 2.34. The number of nitrogens with zero attached hydrogens (tertiary/aromatic N) is 1. The first-order valence-corrected chi connectivity index (χ1v) is 6.95. The zero-order chi connectivity index (χ0) is 14.9. The predicted molar refractivity (Wildman–Crippen MR) is 75.0 cm³/mol. The number of hydrogen-bond donors (Lipinski definition) is 1. The molecule has 0 radical (unpaired) electrons. The van der Waals surface area contributed by atoms with Gasteiger partial charge in [0.15, 0.2) is 0 Å². The molecular weight excluding hydrogens is 265 g/mol.